The third kappa shape index (κ3) is 2.76. The SMILES string of the molecule is Fc1cccc(C2CC(NCC(F)F)C2)c1. The summed E-state index contributed by atoms with van der Waals surface area (Å²) in [6.45, 7) is -0.249. The lowest BCUT2D eigenvalue weighted by atomic mass is 9.76. The Balaban J connectivity index is 1.80. The highest BCUT2D eigenvalue weighted by Crippen LogP contribution is 2.36. The molecule has 0 amide bonds. The molecule has 0 heterocycles. The smallest absolute Gasteiger partial charge is 0.250 e. The Morgan fingerprint density at radius 1 is 1.31 bits per heavy atom. The van der Waals surface area contributed by atoms with Crippen molar-refractivity contribution >= 4 is 0 Å². The van der Waals surface area contributed by atoms with Crippen molar-refractivity contribution in [3.8, 4) is 0 Å². The van der Waals surface area contributed by atoms with Gasteiger partial charge in [-0.2, -0.15) is 0 Å². The molecule has 0 aliphatic heterocycles. The van der Waals surface area contributed by atoms with Gasteiger partial charge in [-0.3, -0.25) is 0 Å². The summed E-state index contributed by atoms with van der Waals surface area (Å²) in [6, 6.07) is 6.66. The van der Waals surface area contributed by atoms with Gasteiger partial charge in [-0.15, -0.1) is 0 Å². The van der Waals surface area contributed by atoms with E-state index in [9.17, 15) is 13.2 Å². The fraction of sp³-hybridized carbons (Fsp3) is 0.500. The van der Waals surface area contributed by atoms with Gasteiger partial charge in [0.1, 0.15) is 5.82 Å². The average Bonchev–Trinajstić information content (AvgIpc) is 2.14. The second kappa shape index (κ2) is 4.87. The lowest BCUT2D eigenvalue weighted by Crippen LogP contribution is -2.42. The van der Waals surface area contributed by atoms with E-state index in [1.165, 1.54) is 12.1 Å². The van der Waals surface area contributed by atoms with Gasteiger partial charge in [-0.25, -0.2) is 13.2 Å². The fourth-order valence-corrected chi connectivity index (χ4v) is 2.07. The van der Waals surface area contributed by atoms with Crippen LogP contribution in [0.15, 0.2) is 24.3 Å². The average molecular weight is 229 g/mol. The molecule has 1 aromatic carbocycles. The minimum Gasteiger partial charge on any atom is -0.309 e. The van der Waals surface area contributed by atoms with E-state index in [1.807, 2.05) is 6.07 Å². The predicted molar refractivity (Wildman–Crippen MR) is 56.2 cm³/mol. The zero-order valence-corrected chi connectivity index (χ0v) is 8.80. The number of benzene rings is 1. The van der Waals surface area contributed by atoms with Crippen LogP contribution in [0.4, 0.5) is 13.2 Å². The fourth-order valence-electron chi connectivity index (χ4n) is 2.07. The van der Waals surface area contributed by atoms with Gasteiger partial charge in [0.15, 0.2) is 0 Å². The van der Waals surface area contributed by atoms with E-state index in [1.54, 1.807) is 6.07 Å². The minimum absolute atomic E-state index is 0.155. The number of rotatable bonds is 4. The van der Waals surface area contributed by atoms with E-state index in [0.29, 0.717) is 5.92 Å². The number of hydrogen-bond donors (Lipinski definition) is 1. The molecule has 2 rings (SSSR count). The molecule has 16 heavy (non-hydrogen) atoms. The molecule has 1 saturated carbocycles. The van der Waals surface area contributed by atoms with Crippen molar-refractivity contribution in [2.75, 3.05) is 6.54 Å². The van der Waals surface area contributed by atoms with Crippen LogP contribution in [0.2, 0.25) is 0 Å². The molecule has 0 spiro atoms. The third-order valence-electron chi connectivity index (χ3n) is 3.02. The van der Waals surface area contributed by atoms with Crippen LogP contribution < -0.4 is 5.32 Å². The van der Waals surface area contributed by atoms with Crippen molar-refractivity contribution in [1.29, 1.82) is 0 Å². The van der Waals surface area contributed by atoms with Crippen LogP contribution in [-0.2, 0) is 0 Å². The van der Waals surface area contributed by atoms with Gasteiger partial charge in [0.2, 0.25) is 0 Å². The molecule has 4 heteroatoms. The molecule has 1 aliphatic rings. The highest BCUT2D eigenvalue weighted by Gasteiger charge is 2.30. The van der Waals surface area contributed by atoms with Crippen molar-refractivity contribution in [3.63, 3.8) is 0 Å². The number of alkyl halides is 2. The van der Waals surface area contributed by atoms with Crippen molar-refractivity contribution in [1.82, 2.24) is 5.32 Å². The molecule has 1 N–H and O–H groups in total. The largest absolute Gasteiger partial charge is 0.309 e. The van der Waals surface area contributed by atoms with Gasteiger partial charge < -0.3 is 5.32 Å². The summed E-state index contributed by atoms with van der Waals surface area (Å²) in [5.41, 5.74) is 0.968. The molecule has 1 aliphatic carbocycles. The number of hydrogen-bond acceptors (Lipinski definition) is 1. The van der Waals surface area contributed by atoms with Gasteiger partial charge >= 0.3 is 0 Å². The summed E-state index contributed by atoms with van der Waals surface area (Å²) in [6.07, 6.45) is -0.667. The summed E-state index contributed by atoms with van der Waals surface area (Å²) in [4.78, 5) is 0. The van der Waals surface area contributed by atoms with Gasteiger partial charge in [-0.1, -0.05) is 12.1 Å². The van der Waals surface area contributed by atoms with Crippen LogP contribution in [0.5, 0.6) is 0 Å². The standard InChI is InChI=1S/C12H14F3N/c13-10-3-1-2-8(4-10)9-5-11(6-9)16-7-12(14)15/h1-4,9,11-12,16H,5-7H2. The minimum atomic E-state index is -2.30. The summed E-state index contributed by atoms with van der Waals surface area (Å²) in [7, 11) is 0. The first-order valence-electron chi connectivity index (χ1n) is 5.42. The monoisotopic (exact) mass is 229 g/mol. The molecule has 0 atom stereocenters. The maximum Gasteiger partial charge on any atom is 0.250 e. The third-order valence-corrected chi connectivity index (χ3v) is 3.02. The zero-order valence-electron chi connectivity index (χ0n) is 8.80. The maximum absolute atomic E-state index is 12.9. The van der Waals surface area contributed by atoms with Crippen LogP contribution in [0.25, 0.3) is 0 Å². The highest BCUT2D eigenvalue weighted by atomic mass is 19.3. The molecular formula is C12H14F3N. The Morgan fingerprint density at radius 2 is 2.06 bits per heavy atom. The first-order chi connectivity index (χ1) is 7.65. The molecule has 88 valence electrons. The van der Waals surface area contributed by atoms with Crippen LogP contribution in [0.3, 0.4) is 0 Å². The molecule has 1 nitrogen and oxygen atoms in total. The zero-order chi connectivity index (χ0) is 11.5. The van der Waals surface area contributed by atoms with E-state index in [4.69, 9.17) is 0 Å². The van der Waals surface area contributed by atoms with Crippen molar-refractivity contribution in [3.05, 3.63) is 35.6 Å². The van der Waals surface area contributed by atoms with E-state index in [-0.39, 0.29) is 18.4 Å². The van der Waals surface area contributed by atoms with Crippen LogP contribution in [0, 0.1) is 5.82 Å². The maximum atomic E-state index is 12.9. The molecular weight excluding hydrogens is 215 g/mol. The lowest BCUT2D eigenvalue weighted by Gasteiger charge is -2.36. The molecule has 1 fully saturated rings. The molecule has 0 unspecified atom stereocenters. The summed E-state index contributed by atoms with van der Waals surface area (Å²) < 4.78 is 36.8. The van der Waals surface area contributed by atoms with E-state index in [0.717, 1.165) is 18.4 Å². The quantitative estimate of drug-likeness (QED) is 0.837. The Hall–Kier alpha value is -1.03. The van der Waals surface area contributed by atoms with Crippen LogP contribution in [-0.4, -0.2) is 19.0 Å². The predicted octanol–water partition coefficient (Wildman–Crippen LogP) is 2.93. The van der Waals surface area contributed by atoms with Crippen molar-refractivity contribution < 1.29 is 13.2 Å². The summed E-state index contributed by atoms with van der Waals surface area (Å²) in [5, 5.41) is 2.79. The van der Waals surface area contributed by atoms with Crippen LogP contribution in [0.1, 0.15) is 24.3 Å². The molecule has 0 aromatic heterocycles. The molecule has 1 aromatic rings. The second-order valence-corrected chi connectivity index (χ2v) is 4.22. The summed E-state index contributed by atoms with van der Waals surface area (Å²) in [5.74, 6) is 0.0763. The van der Waals surface area contributed by atoms with Gasteiger partial charge in [0.05, 0.1) is 6.54 Å². The molecule has 0 bridgehead atoms. The normalized spacial score (nSPS) is 24.5. The molecule has 0 saturated heterocycles. The Bertz CT molecular complexity index is 348. The highest BCUT2D eigenvalue weighted by molar-refractivity contribution is 5.23. The first kappa shape index (κ1) is 11.5. The van der Waals surface area contributed by atoms with E-state index in [2.05, 4.69) is 5.32 Å². The summed E-state index contributed by atoms with van der Waals surface area (Å²) >= 11 is 0. The number of nitrogens with one attached hydrogen (secondary N) is 1. The Morgan fingerprint density at radius 3 is 2.69 bits per heavy atom. The van der Waals surface area contributed by atoms with Gasteiger partial charge in [0, 0.05) is 6.04 Å². The Labute approximate surface area is 92.7 Å². The van der Waals surface area contributed by atoms with E-state index >= 15 is 0 Å². The van der Waals surface area contributed by atoms with Gasteiger partial charge in [0.25, 0.3) is 6.43 Å². The Kier molecular flexibility index (Phi) is 3.49. The molecule has 0 radical (unpaired) electrons. The van der Waals surface area contributed by atoms with Crippen LogP contribution >= 0.6 is 0 Å². The van der Waals surface area contributed by atoms with Crippen molar-refractivity contribution in [2.24, 2.45) is 0 Å². The second-order valence-electron chi connectivity index (χ2n) is 4.22. The van der Waals surface area contributed by atoms with E-state index < -0.39 is 6.43 Å². The lowest BCUT2D eigenvalue weighted by molar-refractivity contribution is 0.131. The number of halogens is 3. The van der Waals surface area contributed by atoms with Gasteiger partial charge in [-0.05, 0) is 36.5 Å². The first-order valence-corrected chi connectivity index (χ1v) is 5.42. The topological polar surface area (TPSA) is 12.0 Å². The van der Waals surface area contributed by atoms with Crippen molar-refractivity contribution in [2.45, 2.75) is 31.2 Å².